The maximum Gasteiger partial charge on any atom is 0.407 e. The Balaban J connectivity index is 0.000000169. The predicted molar refractivity (Wildman–Crippen MR) is 71.2 cm³/mol. The van der Waals surface area contributed by atoms with E-state index in [9.17, 15) is 4.79 Å². The summed E-state index contributed by atoms with van der Waals surface area (Å²) < 4.78 is 4.40. The van der Waals surface area contributed by atoms with Gasteiger partial charge < -0.3 is 10.1 Å². The van der Waals surface area contributed by atoms with Gasteiger partial charge in [0.25, 0.3) is 0 Å². The van der Waals surface area contributed by atoms with Crippen LogP contribution < -0.4 is 5.32 Å². The molecule has 0 aliphatic carbocycles. The molecule has 0 atom stereocenters. The molecule has 0 spiro atoms. The third-order valence-electron chi connectivity index (χ3n) is 2.49. The van der Waals surface area contributed by atoms with Crippen molar-refractivity contribution in [1.82, 2.24) is 5.32 Å². The van der Waals surface area contributed by atoms with Crippen molar-refractivity contribution in [2.24, 2.45) is 0 Å². The van der Waals surface area contributed by atoms with E-state index in [0.29, 0.717) is 13.2 Å². The van der Waals surface area contributed by atoms with E-state index in [1.165, 1.54) is 11.1 Å². The van der Waals surface area contributed by atoms with Crippen molar-refractivity contribution in [1.29, 1.82) is 0 Å². The lowest BCUT2D eigenvalue weighted by molar-refractivity contribution is 0.178. The van der Waals surface area contributed by atoms with E-state index >= 15 is 0 Å². The number of cyclic esters (lactones) is 1. The molecule has 18 heavy (non-hydrogen) atoms. The second kappa shape index (κ2) is 6.45. The largest absolute Gasteiger partial charge is 0.448 e. The molecule has 2 aromatic carbocycles. The van der Waals surface area contributed by atoms with Crippen LogP contribution in [0.3, 0.4) is 0 Å². The predicted octanol–water partition coefficient (Wildman–Crippen LogP) is 3.08. The Morgan fingerprint density at radius 2 is 1.33 bits per heavy atom. The highest BCUT2D eigenvalue weighted by molar-refractivity contribution is 5.68. The van der Waals surface area contributed by atoms with E-state index in [-0.39, 0.29) is 6.09 Å². The summed E-state index contributed by atoms with van der Waals surface area (Å²) in [7, 11) is 0. The van der Waals surface area contributed by atoms with Gasteiger partial charge >= 0.3 is 6.09 Å². The lowest BCUT2D eigenvalue weighted by Gasteiger charge is -1.98. The molecule has 0 aromatic heterocycles. The zero-order valence-electron chi connectivity index (χ0n) is 10.0. The van der Waals surface area contributed by atoms with Crippen LogP contribution in [0.4, 0.5) is 4.79 Å². The van der Waals surface area contributed by atoms with Crippen molar-refractivity contribution in [2.45, 2.75) is 0 Å². The standard InChI is InChI=1S/C12H10.C3H5NO2/c1-3-7-11(8-4-1)12-9-5-2-6-10-12;5-3-4-1-2-6-3/h1-10H;1-2H2,(H,4,5). The highest BCUT2D eigenvalue weighted by atomic mass is 16.6. The van der Waals surface area contributed by atoms with Crippen molar-refractivity contribution < 1.29 is 9.53 Å². The smallest absolute Gasteiger partial charge is 0.407 e. The normalized spacial score (nSPS) is 13.0. The Hall–Kier alpha value is -2.29. The van der Waals surface area contributed by atoms with Gasteiger partial charge in [0.05, 0.1) is 6.54 Å². The summed E-state index contributed by atoms with van der Waals surface area (Å²) in [5.74, 6) is 0. The van der Waals surface area contributed by atoms with Crippen LogP contribution in [0.25, 0.3) is 11.1 Å². The van der Waals surface area contributed by atoms with Gasteiger partial charge in [0.15, 0.2) is 0 Å². The van der Waals surface area contributed by atoms with Crippen molar-refractivity contribution in [3.63, 3.8) is 0 Å². The van der Waals surface area contributed by atoms with E-state index in [0.717, 1.165) is 0 Å². The molecule has 0 saturated carbocycles. The lowest BCUT2D eigenvalue weighted by Crippen LogP contribution is -2.11. The van der Waals surface area contributed by atoms with Gasteiger partial charge in [-0.1, -0.05) is 60.7 Å². The number of carbonyl (C=O) groups excluding carboxylic acids is 1. The second-order valence-corrected chi connectivity index (χ2v) is 3.79. The lowest BCUT2D eigenvalue weighted by atomic mass is 10.1. The molecule has 1 heterocycles. The molecule has 3 nitrogen and oxygen atoms in total. The first kappa shape index (κ1) is 12.2. The first-order chi connectivity index (χ1) is 8.86. The van der Waals surface area contributed by atoms with Crippen LogP contribution >= 0.6 is 0 Å². The molecule has 1 aliphatic rings. The molecular weight excluding hydrogens is 226 g/mol. The summed E-state index contributed by atoms with van der Waals surface area (Å²) in [6.45, 7) is 1.19. The van der Waals surface area contributed by atoms with E-state index in [2.05, 4.69) is 58.6 Å². The SMILES string of the molecule is O=C1NCCO1.c1ccc(-c2ccccc2)cc1. The van der Waals surface area contributed by atoms with Crippen LogP contribution in [0.5, 0.6) is 0 Å². The Morgan fingerprint density at radius 3 is 1.61 bits per heavy atom. The quantitative estimate of drug-likeness (QED) is 0.833. The highest BCUT2D eigenvalue weighted by Crippen LogP contribution is 2.17. The molecule has 1 aliphatic heterocycles. The van der Waals surface area contributed by atoms with Gasteiger partial charge in [-0.05, 0) is 11.1 Å². The number of rotatable bonds is 1. The maximum atomic E-state index is 9.91. The molecule has 1 amide bonds. The summed E-state index contributed by atoms with van der Waals surface area (Å²) in [5, 5.41) is 2.46. The topological polar surface area (TPSA) is 38.3 Å². The van der Waals surface area contributed by atoms with Crippen molar-refractivity contribution >= 4 is 6.09 Å². The number of ether oxygens (including phenoxy) is 1. The Kier molecular flexibility index (Phi) is 4.36. The molecule has 3 heteroatoms. The number of benzene rings is 2. The average Bonchev–Trinajstić information content (AvgIpc) is 2.93. The molecule has 0 bridgehead atoms. The average molecular weight is 241 g/mol. The number of alkyl carbamates (subject to hydrolysis) is 1. The van der Waals surface area contributed by atoms with Crippen molar-refractivity contribution in [3.8, 4) is 11.1 Å². The van der Waals surface area contributed by atoms with E-state index in [4.69, 9.17) is 0 Å². The third kappa shape index (κ3) is 3.63. The summed E-state index contributed by atoms with van der Waals surface area (Å²) in [6, 6.07) is 20.8. The highest BCUT2D eigenvalue weighted by Gasteiger charge is 2.06. The van der Waals surface area contributed by atoms with Crippen LogP contribution in [0, 0.1) is 0 Å². The number of hydrogen-bond acceptors (Lipinski definition) is 2. The molecule has 92 valence electrons. The zero-order valence-corrected chi connectivity index (χ0v) is 10.0. The maximum absolute atomic E-state index is 9.91. The zero-order chi connectivity index (χ0) is 12.6. The first-order valence-electron chi connectivity index (χ1n) is 5.87. The van der Waals surface area contributed by atoms with Crippen molar-refractivity contribution in [3.05, 3.63) is 60.7 Å². The first-order valence-corrected chi connectivity index (χ1v) is 5.87. The summed E-state index contributed by atoms with van der Waals surface area (Å²) in [6.07, 6.45) is -0.296. The summed E-state index contributed by atoms with van der Waals surface area (Å²) in [4.78, 5) is 9.91. The van der Waals surface area contributed by atoms with E-state index < -0.39 is 0 Å². The number of amides is 1. The molecular formula is C15H15NO2. The van der Waals surface area contributed by atoms with Crippen LogP contribution in [0.2, 0.25) is 0 Å². The molecule has 1 saturated heterocycles. The minimum Gasteiger partial charge on any atom is -0.448 e. The Morgan fingerprint density at radius 1 is 0.833 bits per heavy atom. The molecule has 0 radical (unpaired) electrons. The second-order valence-electron chi connectivity index (χ2n) is 3.79. The number of nitrogens with one attached hydrogen (secondary N) is 1. The molecule has 0 unspecified atom stereocenters. The monoisotopic (exact) mass is 241 g/mol. The summed E-state index contributed by atoms with van der Waals surface area (Å²) >= 11 is 0. The molecule has 2 aromatic rings. The van der Waals surface area contributed by atoms with Crippen LogP contribution in [-0.2, 0) is 4.74 Å². The fraction of sp³-hybridized carbons (Fsp3) is 0.133. The number of carbonyl (C=O) groups is 1. The fourth-order valence-corrected chi connectivity index (χ4v) is 1.61. The molecule has 1 fully saturated rings. The van der Waals surface area contributed by atoms with Gasteiger partial charge in [0.1, 0.15) is 6.61 Å². The van der Waals surface area contributed by atoms with E-state index in [1.54, 1.807) is 0 Å². The van der Waals surface area contributed by atoms with Gasteiger partial charge in [0, 0.05) is 0 Å². The van der Waals surface area contributed by atoms with E-state index in [1.807, 2.05) is 12.1 Å². The van der Waals surface area contributed by atoms with Gasteiger partial charge in [-0.2, -0.15) is 0 Å². The van der Waals surface area contributed by atoms with Gasteiger partial charge in [-0.25, -0.2) is 4.79 Å². The van der Waals surface area contributed by atoms with Crippen LogP contribution in [0.1, 0.15) is 0 Å². The minimum atomic E-state index is -0.296. The molecule has 1 N–H and O–H groups in total. The third-order valence-corrected chi connectivity index (χ3v) is 2.49. The fourth-order valence-electron chi connectivity index (χ4n) is 1.61. The number of hydrogen-bond donors (Lipinski definition) is 1. The molecule has 3 rings (SSSR count). The Labute approximate surface area is 106 Å². The summed E-state index contributed by atoms with van der Waals surface area (Å²) in [5.41, 5.74) is 2.55. The minimum absolute atomic E-state index is 0.296. The van der Waals surface area contributed by atoms with Gasteiger partial charge in [-0.3, -0.25) is 0 Å². The van der Waals surface area contributed by atoms with Crippen molar-refractivity contribution in [2.75, 3.05) is 13.2 Å². The van der Waals surface area contributed by atoms with Gasteiger partial charge in [0.2, 0.25) is 0 Å². The van der Waals surface area contributed by atoms with Crippen LogP contribution in [-0.4, -0.2) is 19.2 Å². The van der Waals surface area contributed by atoms with Gasteiger partial charge in [-0.15, -0.1) is 0 Å². The van der Waals surface area contributed by atoms with Crippen LogP contribution in [0.15, 0.2) is 60.7 Å². The Bertz CT molecular complexity index is 437.